The number of carbonyl (C=O) groups excluding carboxylic acids is 1. The van der Waals surface area contributed by atoms with E-state index in [0.29, 0.717) is 6.42 Å². The summed E-state index contributed by atoms with van der Waals surface area (Å²) < 4.78 is 0. The number of pyridine rings is 1. The van der Waals surface area contributed by atoms with Gasteiger partial charge in [-0.15, -0.1) is 0 Å². The molecular formula is C14H17NOS. The van der Waals surface area contributed by atoms with Crippen molar-refractivity contribution >= 4 is 16.9 Å². The first-order chi connectivity index (χ1) is 8.34. The van der Waals surface area contributed by atoms with Crippen LogP contribution >= 0.6 is 11.8 Å². The Hall–Kier alpha value is -1.09. The van der Waals surface area contributed by atoms with Crippen LogP contribution in [-0.4, -0.2) is 10.1 Å². The molecule has 0 amide bonds. The summed E-state index contributed by atoms with van der Waals surface area (Å²) in [7, 11) is 0. The van der Waals surface area contributed by atoms with E-state index >= 15 is 0 Å². The molecule has 0 radical (unpaired) electrons. The van der Waals surface area contributed by atoms with E-state index in [1.165, 1.54) is 43.0 Å². The zero-order valence-electron chi connectivity index (χ0n) is 9.89. The molecule has 0 bridgehead atoms. The molecule has 0 atom stereocenters. The highest BCUT2D eigenvalue weighted by Gasteiger charge is 2.09. The topological polar surface area (TPSA) is 30.0 Å². The molecule has 1 heterocycles. The van der Waals surface area contributed by atoms with Crippen molar-refractivity contribution in [1.29, 1.82) is 0 Å². The Kier molecular flexibility index (Phi) is 4.80. The van der Waals surface area contributed by atoms with Crippen LogP contribution in [0.2, 0.25) is 0 Å². The SMILES string of the molecule is O=C(CCC1=CCCCC1)Sc1ccccn1. The molecule has 0 aliphatic heterocycles. The monoisotopic (exact) mass is 247 g/mol. The average Bonchev–Trinajstić information content (AvgIpc) is 2.39. The Bertz CT molecular complexity index is 400. The summed E-state index contributed by atoms with van der Waals surface area (Å²) in [5.41, 5.74) is 1.46. The molecule has 0 saturated heterocycles. The number of allylic oxidation sites excluding steroid dienone is 2. The lowest BCUT2D eigenvalue weighted by atomic mass is 9.96. The van der Waals surface area contributed by atoms with E-state index in [4.69, 9.17) is 0 Å². The highest BCUT2D eigenvalue weighted by molar-refractivity contribution is 8.13. The first-order valence-electron chi connectivity index (χ1n) is 6.14. The average molecular weight is 247 g/mol. The third kappa shape index (κ3) is 4.35. The summed E-state index contributed by atoms with van der Waals surface area (Å²) in [6.45, 7) is 0. The number of carbonyl (C=O) groups is 1. The molecule has 1 aromatic heterocycles. The van der Waals surface area contributed by atoms with Gasteiger partial charge >= 0.3 is 0 Å². The van der Waals surface area contributed by atoms with E-state index in [-0.39, 0.29) is 5.12 Å². The Morgan fingerprint density at radius 1 is 1.35 bits per heavy atom. The maximum absolute atomic E-state index is 11.8. The second kappa shape index (κ2) is 6.60. The molecule has 17 heavy (non-hydrogen) atoms. The molecule has 0 aromatic carbocycles. The fourth-order valence-electron chi connectivity index (χ4n) is 1.97. The van der Waals surface area contributed by atoms with E-state index in [1.54, 1.807) is 6.20 Å². The van der Waals surface area contributed by atoms with Crippen LogP contribution in [0.3, 0.4) is 0 Å². The van der Waals surface area contributed by atoms with Crippen LogP contribution in [0.25, 0.3) is 0 Å². The van der Waals surface area contributed by atoms with Gasteiger partial charge < -0.3 is 0 Å². The van der Waals surface area contributed by atoms with Gasteiger partial charge in [0.2, 0.25) is 0 Å². The van der Waals surface area contributed by atoms with E-state index in [0.717, 1.165) is 11.4 Å². The summed E-state index contributed by atoms with van der Waals surface area (Å²) in [6, 6.07) is 5.65. The fourth-order valence-corrected chi connectivity index (χ4v) is 2.67. The first-order valence-corrected chi connectivity index (χ1v) is 6.96. The summed E-state index contributed by atoms with van der Waals surface area (Å²) in [5, 5.41) is 1.02. The maximum atomic E-state index is 11.8. The minimum atomic E-state index is 0.218. The number of hydrogen-bond donors (Lipinski definition) is 0. The van der Waals surface area contributed by atoms with E-state index < -0.39 is 0 Å². The van der Waals surface area contributed by atoms with Crippen LogP contribution in [0.4, 0.5) is 0 Å². The van der Waals surface area contributed by atoms with Gasteiger partial charge in [-0.3, -0.25) is 4.79 Å². The molecule has 2 nitrogen and oxygen atoms in total. The third-order valence-corrected chi connectivity index (χ3v) is 3.77. The fraction of sp³-hybridized carbons (Fsp3) is 0.429. The zero-order valence-corrected chi connectivity index (χ0v) is 10.7. The van der Waals surface area contributed by atoms with Crippen molar-refractivity contribution in [2.45, 2.75) is 43.6 Å². The van der Waals surface area contributed by atoms with Crippen LogP contribution < -0.4 is 0 Å². The van der Waals surface area contributed by atoms with E-state index in [9.17, 15) is 4.79 Å². The number of thioether (sulfide) groups is 1. The zero-order chi connectivity index (χ0) is 11.9. The quantitative estimate of drug-likeness (QED) is 0.595. The summed E-state index contributed by atoms with van der Waals surface area (Å²) in [4.78, 5) is 15.9. The molecule has 0 N–H and O–H groups in total. The normalized spacial score (nSPS) is 15.4. The lowest BCUT2D eigenvalue weighted by Crippen LogP contribution is -1.97. The van der Waals surface area contributed by atoms with Crippen LogP contribution in [0.5, 0.6) is 0 Å². The van der Waals surface area contributed by atoms with E-state index in [1.807, 2.05) is 18.2 Å². The third-order valence-electron chi connectivity index (χ3n) is 2.89. The predicted molar refractivity (Wildman–Crippen MR) is 70.9 cm³/mol. The van der Waals surface area contributed by atoms with Gasteiger partial charge in [0.05, 0.1) is 0 Å². The number of nitrogens with zero attached hydrogens (tertiary/aromatic N) is 1. The molecule has 3 heteroatoms. The van der Waals surface area contributed by atoms with Crippen molar-refractivity contribution in [3.63, 3.8) is 0 Å². The molecule has 0 fully saturated rings. The van der Waals surface area contributed by atoms with Gasteiger partial charge in [-0.1, -0.05) is 17.7 Å². The van der Waals surface area contributed by atoms with Gasteiger partial charge in [-0.2, -0.15) is 0 Å². The lowest BCUT2D eigenvalue weighted by molar-refractivity contribution is -0.110. The lowest BCUT2D eigenvalue weighted by Gasteiger charge is -2.11. The van der Waals surface area contributed by atoms with Gasteiger partial charge in [-0.05, 0) is 56.0 Å². The smallest absolute Gasteiger partial charge is 0.195 e. The molecular weight excluding hydrogens is 230 g/mol. The highest BCUT2D eigenvalue weighted by Crippen LogP contribution is 2.24. The van der Waals surface area contributed by atoms with Gasteiger partial charge in [0.1, 0.15) is 5.03 Å². The first kappa shape index (κ1) is 12.4. The van der Waals surface area contributed by atoms with Crippen LogP contribution in [0.15, 0.2) is 41.1 Å². The summed E-state index contributed by atoms with van der Waals surface area (Å²) >= 11 is 1.25. The van der Waals surface area contributed by atoms with Crippen molar-refractivity contribution in [1.82, 2.24) is 4.98 Å². The molecule has 1 aliphatic carbocycles. The van der Waals surface area contributed by atoms with Crippen molar-refractivity contribution < 1.29 is 4.79 Å². The second-order valence-electron chi connectivity index (χ2n) is 4.25. The predicted octanol–water partition coefficient (Wildman–Crippen LogP) is 3.98. The van der Waals surface area contributed by atoms with Gasteiger partial charge in [-0.25, -0.2) is 4.98 Å². The summed E-state index contributed by atoms with van der Waals surface area (Å²) in [5.74, 6) is 0. The molecule has 1 aromatic rings. The number of hydrogen-bond acceptors (Lipinski definition) is 3. The van der Waals surface area contributed by atoms with Crippen LogP contribution in [-0.2, 0) is 4.79 Å². The second-order valence-corrected chi connectivity index (χ2v) is 5.33. The Morgan fingerprint density at radius 3 is 3.00 bits per heavy atom. The number of rotatable bonds is 4. The summed E-state index contributed by atoms with van der Waals surface area (Å²) in [6.07, 6.45) is 10.6. The van der Waals surface area contributed by atoms with Crippen LogP contribution in [0, 0.1) is 0 Å². The van der Waals surface area contributed by atoms with Crippen molar-refractivity contribution in [2.24, 2.45) is 0 Å². The standard InChI is InChI=1S/C14H17NOS/c16-14(17-13-8-4-5-11-15-13)10-9-12-6-2-1-3-7-12/h4-6,8,11H,1-3,7,9-10H2. The largest absolute Gasteiger partial charge is 0.287 e. The van der Waals surface area contributed by atoms with Gasteiger partial charge in [0.25, 0.3) is 0 Å². The van der Waals surface area contributed by atoms with Crippen molar-refractivity contribution in [3.05, 3.63) is 36.0 Å². The molecule has 0 unspecified atom stereocenters. The molecule has 90 valence electrons. The minimum Gasteiger partial charge on any atom is -0.287 e. The van der Waals surface area contributed by atoms with Gasteiger partial charge in [0.15, 0.2) is 5.12 Å². The molecule has 2 rings (SSSR count). The minimum absolute atomic E-state index is 0.218. The van der Waals surface area contributed by atoms with Gasteiger partial charge in [0, 0.05) is 12.6 Å². The Balaban J connectivity index is 1.76. The van der Waals surface area contributed by atoms with Crippen molar-refractivity contribution in [2.75, 3.05) is 0 Å². The molecule has 0 saturated carbocycles. The number of aromatic nitrogens is 1. The van der Waals surface area contributed by atoms with Crippen LogP contribution in [0.1, 0.15) is 38.5 Å². The van der Waals surface area contributed by atoms with Crippen molar-refractivity contribution in [3.8, 4) is 0 Å². The highest BCUT2D eigenvalue weighted by atomic mass is 32.2. The molecule has 0 spiro atoms. The maximum Gasteiger partial charge on any atom is 0.195 e. The molecule has 1 aliphatic rings. The Labute approximate surface area is 107 Å². The Morgan fingerprint density at radius 2 is 2.29 bits per heavy atom. The van der Waals surface area contributed by atoms with E-state index in [2.05, 4.69) is 11.1 Å².